The summed E-state index contributed by atoms with van der Waals surface area (Å²) in [5.41, 5.74) is 2.05. The molecule has 2 N–H and O–H groups in total. The number of quaternary nitrogens is 1. The second-order valence-electron chi connectivity index (χ2n) is 5.23. The van der Waals surface area contributed by atoms with Gasteiger partial charge in [-0.3, -0.25) is 4.79 Å². The lowest BCUT2D eigenvalue weighted by Gasteiger charge is -2.21. The molecule has 4 heteroatoms. The molecule has 0 aliphatic heterocycles. The smallest absolute Gasteiger partial charge is 0.282 e. The molecule has 0 bridgehead atoms. The molecule has 2 rings (SSSR count). The van der Waals surface area contributed by atoms with E-state index in [1.54, 1.807) is 0 Å². The third-order valence-electron chi connectivity index (χ3n) is 3.55. The van der Waals surface area contributed by atoms with Crippen molar-refractivity contribution in [1.29, 1.82) is 0 Å². The van der Waals surface area contributed by atoms with Crippen molar-refractivity contribution in [3.8, 4) is 0 Å². The van der Waals surface area contributed by atoms with E-state index >= 15 is 0 Å². The van der Waals surface area contributed by atoms with Gasteiger partial charge in [-0.1, -0.05) is 52.3 Å². The Balaban J connectivity index is 1.95. The van der Waals surface area contributed by atoms with E-state index in [1.165, 1.54) is 5.56 Å². The molecule has 0 heterocycles. The van der Waals surface area contributed by atoms with Gasteiger partial charge in [0.05, 0.1) is 7.05 Å². The SMILES string of the molecule is C[C@@H](C(=O)Nc1cccc(Br)c1)[NH+](C)Cc1ccccc1. The number of halogens is 1. The first-order valence-corrected chi connectivity index (χ1v) is 7.78. The summed E-state index contributed by atoms with van der Waals surface area (Å²) in [6, 6.07) is 17.7. The molecule has 0 fully saturated rings. The molecule has 0 radical (unpaired) electrons. The van der Waals surface area contributed by atoms with Crippen molar-refractivity contribution in [3.63, 3.8) is 0 Å². The van der Waals surface area contributed by atoms with Gasteiger partial charge in [-0.05, 0) is 25.1 Å². The molecule has 21 heavy (non-hydrogen) atoms. The van der Waals surface area contributed by atoms with Gasteiger partial charge in [-0.2, -0.15) is 0 Å². The number of hydrogen-bond donors (Lipinski definition) is 2. The topological polar surface area (TPSA) is 33.5 Å². The first kappa shape index (κ1) is 15.7. The highest BCUT2D eigenvalue weighted by atomic mass is 79.9. The standard InChI is InChI=1S/C17H19BrN2O/c1-13(20(2)12-14-7-4-3-5-8-14)17(21)19-16-10-6-9-15(18)11-16/h3-11,13H,12H2,1-2H3,(H,19,21)/p+1/t13-/m0/s1. The highest BCUT2D eigenvalue weighted by Crippen LogP contribution is 2.15. The summed E-state index contributed by atoms with van der Waals surface area (Å²) in [7, 11) is 2.04. The lowest BCUT2D eigenvalue weighted by Crippen LogP contribution is -3.12. The summed E-state index contributed by atoms with van der Waals surface area (Å²) >= 11 is 3.41. The van der Waals surface area contributed by atoms with Gasteiger partial charge in [0.1, 0.15) is 6.54 Å². The van der Waals surface area contributed by atoms with Crippen LogP contribution in [0.25, 0.3) is 0 Å². The van der Waals surface area contributed by atoms with Gasteiger partial charge >= 0.3 is 0 Å². The number of nitrogens with one attached hydrogen (secondary N) is 2. The highest BCUT2D eigenvalue weighted by molar-refractivity contribution is 9.10. The summed E-state index contributed by atoms with van der Waals surface area (Å²) in [5, 5.41) is 2.96. The van der Waals surface area contributed by atoms with Gasteiger partial charge in [0.15, 0.2) is 6.04 Å². The molecule has 1 unspecified atom stereocenters. The predicted octanol–water partition coefficient (Wildman–Crippen LogP) is 2.49. The van der Waals surface area contributed by atoms with Crippen LogP contribution in [0.5, 0.6) is 0 Å². The number of rotatable bonds is 5. The van der Waals surface area contributed by atoms with Crippen molar-refractivity contribution in [1.82, 2.24) is 0 Å². The van der Waals surface area contributed by atoms with Crippen LogP contribution in [-0.4, -0.2) is 19.0 Å². The summed E-state index contributed by atoms with van der Waals surface area (Å²) in [4.78, 5) is 13.5. The number of carbonyl (C=O) groups excluding carboxylic acids is 1. The van der Waals surface area contributed by atoms with Crippen molar-refractivity contribution >= 4 is 27.5 Å². The fourth-order valence-corrected chi connectivity index (χ4v) is 2.51. The van der Waals surface area contributed by atoms with E-state index in [1.807, 2.05) is 56.4 Å². The Labute approximate surface area is 134 Å². The van der Waals surface area contributed by atoms with Crippen molar-refractivity contribution in [2.75, 3.05) is 12.4 Å². The van der Waals surface area contributed by atoms with E-state index in [9.17, 15) is 4.79 Å². The van der Waals surface area contributed by atoms with Crippen LogP contribution < -0.4 is 10.2 Å². The molecule has 0 aliphatic rings. The van der Waals surface area contributed by atoms with Crippen molar-refractivity contribution in [2.45, 2.75) is 19.5 Å². The number of hydrogen-bond acceptors (Lipinski definition) is 1. The maximum Gasteiger partial charge on any atom is 0.282 e. The monoisotopic (exact) mass is 347 g/mol. The predicted molar refractivity (Wildman–Crippen MR) is 89.3 cm³/mol. The van der Waals surface area contributed by atoms with Gasteiger partial charge < -0.3 is 10.2 Å². The molecule has 2 aromatic rings. The number of anilines is 1. The van der Waals surface area contributed by atoms with Crippen LogP contribution in [0.4, 0.5) is 5.69 Å². The van der Waals surface area contributed by atoms with E-state index in [0.717, 1.165) is 21.6 Å². The Bertz CT molecular complexity index is 601. The molecule has 3 nitrogen and oxygen atoms in total. The zero-order valence-electron chi connectivity index (χ0n) is 12.3. The van der Waals surface area contributed by atoms with Gasteiger partial charge in [0, 0.05) is 15.7 Å². The molecule has 1 amide bonds. The van der Waals surface area contributed by atoms with Gasteiger partial charge in [0.25, 0.3) is 5.91 Å². The minimum Gasteiger partial charge on any atom is -0.324 e. The van der Waals surface area contributed by atoms with E-state index in [0.29, 0.717) is 0 Å². The maximum atomic E-state index is 12.3. The quantitative estimate of drug-likeness (QED) is 0.855. The zero-order chi connectivity index (χ0) is 15.2. The molecule has 0 spiro atoms. The fraction of sp³-hybridized carbons (Fsp3) is 0.235. The van der Waals surface area contributed by atoms with Crippen LogP contribution in [-0.2, 0) is 11.3 Å². The van der Waals surface area contributed by atoms with Gasteiger partial charge in [0.2, 0.25) is 0 Å². The third kappa shape index (κ3) is 4.69. The second-order valence-corrected chi connectivity index (χ2v) is 6.15. The minimum absolute atomic E-state index is 0.0292. The molecule has 0 aromatic heterocycles. The Hall–Kier alpha value is -1.65. The Morgan fingerprint density at radius 2 is 1.90 bits per heavy atom. The molecule has 0 saturated heterocycles. The average molecular weight is 348 g/mol. The number of carbonyl (C=O) groups is 1. The number of amides is 1. The molecular weight excluding hydrogens is 328 g/mol. The van der Waals surface area contributed by atoms with Crippen LogP contribution >= 0.6 is 15.9 Å². The average Bonchev–Trinajstić information content (AvgIpc) is 2.47. The van der Waals surface area contributed by atoms with E-state index < -0.39 is 0 Å². The van der Waals surface area contributed by atoms with Crippen molar-refractivity contribution in [2.24, 2.45) is 0 Å². The van der Waals surface area contributed by atoms with E-state index in [-0.39, 0.29) is 11.9 Å². The zero-order valence-corrected chi connectivity index (χ0v) is 13.9. The molecule has 2 atom stereocenters. The summed E-state index contributed by atoms with van der Waals surface area (Å²) < 4.78 is 0.956. The van der Waals surface area contributed by atoms with Crippen LogP contribution in [0.2, 0.25) is 0 Å². The fourth-order valence-electron chi connectivity index (χ4n) is 2.11. The van der Waals surface area contributed by atoms with Crippen LogP contribution in [0.3, 0.4) is 0 Å². The third-order valence-corrected chi connectivity index (χ3v) is 4.04. The maximum absolute atomic E-state index is 12.3. The summed E-state index contributed by atoms with van der Waals surface area (Å²) in [5.74, 6) is 0.0292. The summed E-state index contributed by atoms with van der Waals surface area (Å²) in [6.07, 6.45) is 0. The first-order valence-electron chi connectivity index (χ1n) is 6.99. The number of likely N-dealkylation sites (N-methyl/N-ethyl adjacent to an activating group) is 1. The van der Waals surface area contributed by atoms with E-state index in [2.05, 4.69) is 33.4 Å². The Morgan fingerprint density at radius 1 is 1.19 bits per heavy atom. The second kappa shape index (κ2) is 7.38. The largest absolute Gasteiger partial charge is 0.324 e. The Morgan fingerprint density at radius 3 is 2.57 bits per heavy atom. The van der Waals surface area contributed by atoms with Crippen LogP contribution in [0.15, 0.2) is 59.1 Å². The molecule has 110 valence electrons. The van der Waals surface area contributed by atoms with Crippen LogP contribution in [0, 0.1) is 0 Å². The van der Waals surface area contributed by atoms with Crippen molar-refractivity contribution in [3.05, 3.63) is 64.6 Å². The molecule has 0 saturated carbocycles. The first-order chi connectivity index (χ1) is 10.1. The molecule has 2 aromatic carbocycles. The highest BCUT2D eigenvalue weighted by Gasteiger charge is 2.21. The minimum atomic E-state index is -0.121. The van der Waals surface area contributed by atoms with Gasteiger partial charge in [-0.15, -0.1) is 0 Å². The van der Waals surface area contributed by atoms with Crippen LogP contribution in [0.1, 0.15) is 12.5 Å². The van der Waals surface area contributed by atoms with Crippen molar-refractivity contribution < 1.29 is 9.69 Å². The number of benzene rings is 2. The van der Waals surface area contributed by atoms with E-state index in [4.69, 9.17) is 0 Å². The lowest BCUT2D eigenvalue weighted by atomic mass is 10.2. The molecular formula is C17H20BrN2O+. The Kier molecular flexibility index (Phi) is 5.53. The summed E-state index contributed by atoms with van der Waals surface area (Å²) in [6.45, 7) is 2.78. The van der Waals surface area contributed by atoms with Gasteiger partial charge in [-0.25, -0.2) is 0 Å². The normalized spacial score (nSPS) is 13.5. The lowest BCUT2D eigenvalue weighted by molar-refractivity contribution is -0.907. The molecule has 0 aliphatic carbocycles.